The Morgan fingerprint density at radius 1 is 1.15 bits per heavy atom. The molecule has 1 rings (SSSR count). The lowest BCUT2D eigenvalue weighted by Crippen LogP contribution is -2.40. The highest BCUT2D eigenvalue weighted by atomic mass is 35.5. The van der Waals surface area contributed by atoms with E-state index in [1.165, 1.54) is 5.56 Å². The highest BCUT2D eigenvalue weighted by Gasteiger charge is 2.29. The quantitative estimate of drug-likeness (QED) is 0.760. The normalized spacial score (nSPS) is 10.8. The molecular weight excluding hydrogens is 272 g/mol. The Morgan fingerprint density at radius 2 is 1.75 bits per heavy atom. The lowest BCUT2D eigenvalue weighted by molar-refractivity contribution is -0.125. The average Bonchev–Trinajstić information content (AvgIpc) is 2.43. The molecule has 0 aliphatic rings. The van der Waals surface area contributed by atoms with Crippen molar-refractivity contribution in [1.29, 1.82) is 0 Å². The Labute approximate surface area is 128 Å². The van der Waals surface area contributed by atoms with Crippen molar-refractivity contribution in [1.82, 2.24) is 10.6 Å². The van der Waals surface area contributed by atoms with Crippen LogP contribution in [0.1, 0.15) is 38.3 Å². The lowest BCUT2D eigenvalue weighted by Gasteiger charge is -2.24. The molecule has 0 aliphatic carbocycles. The van der Waals surface area contributed by atoms with Crippen LogP contribution in [0.2, 0.25) is 0 Å². The van der Waals surface area contributed by atoms with Crippen LogP contribution < -0.4 is 10.6 Å². The maximum Gasteiger partial charge on any atom is 0.230 e. The highest BCUT2D eigenvalue weighted by Crippen LogP contribution is 2.23. The first-order valence-electron chi connectivity index (χ1n) is 7.04. The first-order valence-corrected chi connectivity index (χ1v) is 7.04. The van der Waals surface area contributed by atoms with Crippen molar-refractivity contribution in [2.45, 2.75) is 39.0 Å². The Balaban J connectivity index is 0.00000361. The second-order valence-electron chi connectivity index (χ2n) is 5.39. The Hall–Kier alpha value is -1.06. The van der Waals surface area contributed by atoms with Crippen molar-refractivity contribution in [3.63, 3.8) is 0 Å². The molecule has 4 heteroatoms. The van der Waals surface area contributed by atoms with Gasteiger partial charge in [-0.2, -0.15) is 0 Å². The minimum atomic E-state index is -0.480. The SMILES string of the molecule is CCc1ccc(C(C)(C)C(=O)NCCCNC)cc1.Cl. The van der Waals surface area contributed by atoms with Crippen molar-refractivity contribution >= 4 is 18.3 Å². The van der Waals surface area contributed by atoms with E-state index in [4.69, 9.17) is 0 Å². The molecular formula is C16H27ClN2O. The zero-order chi connectivity index (χ0) is 14.3. The van der Waals surface area contributed by atoms with Crippen LogP contribution in [0.25, 0.3) is 0 Å². The number of nitrogens with one attached hydrogen (secondary N) is 2. The van der Waals surface area contributed by atoms with E-state index in [1.807, 2.05) is 20.9 Å². The monoisotopic (exact) mass is 298 g/mol. The zero-order valence-electron chi connectivity index (χ0n) is 13.0. The molecule has 0 saturated heterocycles. The van der Waals surface area contributed by atoms with Gasteiger partial charge in [-0.15, -0.1) is 12.4 Å². The molecule has 0 bridgehead atoms. The van der Waals surface area contributed by atoms with Crippen LogP contribution in [0, 0.1) is 0 Å². The van der Waals surface area contributed by atoms with Crippen LogP contribution in [0.5, 0.6) is 0 Å². The number of carbonyl (C=O) groups excluding carboxylic acids is 1. The molecule has 2 N–H and O–H groups in total. The van der Waals surface area contributed by atoms with Gasteiger partial charge in [0.1, 0.15) is 0 Å². The van der Waals surface area contributed by atoms with Crippen LogP contribution in [0.15, 0.2) is 24.3 Å². The molecule has 0 aliphatic heterocycles. The number of aryl methyl sites for hydroxylation is 1. The van der Waals surface area contributed by atoms with E-state index in [9.17, 15) is 4.79 Å². The van der Waals surface area contributed by atoms with E-state index in [1.54, 1.807) is 0 Å². The third-order valence-electron chi connectivity index (χ3n) is 3.54. The van der Waals surface area contributed by atoms with E-state index in [2.05, 4.69) is 41.8 Å². The average molecular weight is 299 g/mol. The smallest absolute Gasteiger partial charge is 0.230 e. The van der Waals surface area contributed by atoms with Crippen LogP contribution in [0.4, 0.5) is 0 Å². The second-order valence-corrected chi connectivity index (χ2v) is 5.39. The summed E-state index contributed by atoms with van der Waals surface area (Å²) in [5.74, 6) is 0.0906. The van der Waals surface area contributed by atoms with E-state index in [0.717, 1.165) is 31.5 Å². The van der Waals surface area contributed by atoms with Gasteiger partial charge in [0.15, 0.2) is 0 Å². The summed E-state index contributed by atoms with van der Waals surface area (Å²) >= 11 is 0. The van der Waals surface area contributed by atoms with Gasteiger partial charge in [0.05, 0.1) is 5.41 Å². The standard InChI is InChI=1S/C16H26N2O.ClH/c1-5-13-7-9-14(10-8-13)16(2,3)15(19)18-12-6-11-17-4;/h7-10,17H,5-6,11-12H2,1-4H3,(H,18,19);1H. The Kier molecular flexibility index (Phi) is 8.51. The summed E-state index contributed by atoms with van der Waals surface area (Å²) in [6.07, 6.45) is 1.98. The first kappa shape index (κ1) is 18.9. The van der Waals surface area contributed by atoms with Gasteiger partial charge in [-0.05, 0) is 51.4 Å². The van der Waals surface area contributed by atoms with Gasteiger partial charge in [-0.3, -0.25) is 4.79 Å². The van der Waals surface area contributed by atoms with Crippen LogP contribution in [0.3, 0.4) is 0 Å². The number of rotatable bonds is 7. The topological polar surface area (TPSA) is 41.1 Å². The largest absolute Gasteiger partial charge is 0.355 e. The molecule has 3 nitrogen and oxygen atoms in total. The summed E-state index contributed by atoms with van der Waals surface area (Å²) in [6.45, 7) is 7.72. The molecule has 114 valence electrons. The second kappa shape index (κ2) is 8.98. The molecule has 1 aromatic carbocycles. The molecule has 0 radical (unpaired) electrons. The molecule has 1 amide bonds. The molecule has 0 atom stereocenters. The maximum absolute atomic E-state index is 12.3. The summed E-state index contributed by atoms with van der Waals surface area (Å²) in [5.41, 5.74) is 1.89. The summed E-state index contributed by atoms with van der Waals surface area (Å²) in [5, 5.41) is 6.08. The van der Waals surface area contributed by atoms with Crippen LogP contribution >= 0.6 is 12.4 Å². The van der Waals surface area contributed by atoms with Gasteiger partial charge < -0.3 is 10.6 Å². The van der Waals surface area contributed by atoms with E-state index >= 15 is 0 Å². The number of carbonyl (C=O) groups is 1. The third kappa shape index (κ3) is 5.14. The van der Waals surface area contributed by atoms with Gasteiger partial charge in [0.2, 0.25) is 5.91 Å². The highest BCUT2D eigenvalue weighted by molar-refractivity contribution is 5.87. The van der Waals surface area contributed by atoms with Crippen molar-refractivity contribution in [2.75, 3.05) is 20.1 Å². The fraction of sp³-hybridized carbons (Fsp3) is 0.562. The molecule has 0 fully saturated rings. The summed E-state index contributed by atoms with van der Waals surface area (Å²) in [6, 6.07) is 8.33. The summed E-state index contributed by atoms with van der Waals surface area (Å²) in [7, 11) is 1.92. The Bertz CT molecular complexity index is 401. The fourth-order valence-electron chi connectivity index (χ4n) is 1.98. The van der Waals surface area contributed by atoms with Crippen molar-refractivity contribution in [3.8, 4) is 0 Å². The van der Waals surface area contributed by atoms with Gasteiger partial charge in [-0.1, -0.05) is 31.2 Å². The Morgan fingerprint density at radius 3 is 2.25 bits per heavy atom. The van der Waals surface area contributed by atoms with E-state index < -0.39 is 5.41 Å². The predicted octanol–water partition coefficient (Wildman–Crippen LogP) is 2.67. The molecule has 0 heterocycles. The summed E-state index contributed by atoms with van der Waals surface area (Å²) < 4.78 is 0. The fourth-order valence-corrected chi connectivity index (χ4v) is 1.98. The van der Waals surface area contributed by atoms with Crippen LogP contribution in [-0.2, 0) is 16.6 Å². The van der Waals surface area contributed by atoms with Gasteiger partial charge >= 0.3 is 0 Å². The lowest BCUT2D eigenvalue weighted by atomic mass is 9.83. The van der Waals surface area contributed by atoms with Crippen molar-refractivity contribution in [3.05, 3.63) is 35.4 Å². The molecule has 0 spiro atoms. The first-order chi connectivity index (χ1) is 9.02. The van der Waals surface area contributed by atoms with Crippen LogP contribution in [-0.4, -0.2) is 26.0 Å². The minimum Gasteiger partial charge on any atom is -0.355 e. The molecule has 1 aromatic rings. The zero-order valence-corrected chi connectivity index (χ0v) is 13.8. The van der Waals surface area contributed by atoms with Gasteiger partial charge in [0, 0.05) is 6.54 Å². The number of amides is 1. The maximum atomic E-state index is 12.3. The molecule has 20 heavy (non-hydrogen) atoms. The molecule has 0 aromatic heterocycles. The summed E-state index contributed by atoms with van der Waals surface area (Å²) in [4.78, 5) is 12.3. The van der Waals surface area contributed by atoms with Crippen molar-refractivity contribution < 1.29 is 4.79 Å². The van der Waals surface area contributed by atoms with Gasteiger partial charge in [-0.25, -0.2) is 0 Å². The molecule has 0 unspecified atom stereocenters. The van der Waals surface area contributed by atoms with E-state index in [0.29, 0.717) is 0 Å². The number of hydrogen-bond donors (Lipinski definition) is 2. The van der Waals surface area contributed by atoms with Crippen molar-refractivity contribution in [2.24, 2.45) is 0 Å². The number of hydrogen-bond acceptors (Lipinski definition) is 2. The van der Waals surface area contributed by atoms with E-state index in [-0.39, 0.29) is 18.3 Å². The third-order valence-corrected chi connectivity index (χ3v) is 3.54. The number of halogens is 1. The van der Waals surface area contributed by atoms with Gasteiger partial charge in [0.25, 0.3) is 0 Å². The molecule has 0 saturated carbocycles. The number of benzene rings is 1. The predicted molar refractivity (Wildman–Crippen MR) is 87.6 cm³/mol. The minimum absolute atomic E-state index is 0.